The maximum atomic E-state index is 11.7. The van der Waals surface area contributed by atoms with Crippen LogP contribution in [0.1, 0.15) is 13.8 Å². The predicted octanol–water partition coefficient (Wildman–Crippen LogP) is -0.209. The molecule has 1 aliphatic rings. The Balaban J connectivity index is 3.02. The molecule has 0 bridgehead atoms. The van der Waals surface area contributed by atoms with Gasteiger partial charge in [0.25, 0.3) is 11.8 Å². The summed E-state index contributed by atoms with van der Waals surface area (Å²) in [6, 6.07) is -1.27. The molecule has 0 fully saturated rings. The van der Waals surface area contributed by atoms with Gasteiger partial charge in [-0.1, -0.05) is 0 Å². The number of methoxy groups -OCH3 is 1. The van der Waals surface area contributed by atoms with Gasteiger partial charge in [0.1, 0.15) is 0 Å². The predicted molar refractivity (Wildman–Crippen MR) is 53.5 cm³/mol. The normalized spacial score (nSPS) is 18.3. The van der Waals surface area contributed by atoms with Crippen molar-refractivity contribution in [3.63, 3.8) is 0 Å². The van der Waals surface area contributed by atoms with Crippen LogP contribution < -0.4 is 0 Å². The minimum absolute atomic E-state index is 0.215. The fourth-order valence-corrected chi connectivity index (χ4v) is 1.47. The number of amides is 2. The third-order valence-corrected chi connectivity index (χ3v) is 2.56. The van der Waals surface area contributed by atoms with Gasteiger partial charge < -0.3 is 9.84 Å². The van der Waals surface area contributed by atoms with Crippen LogP contribution in [0.2, 0.25) is 0 Å². The fraction of sp³-hybridized carbons (Fsp3) is 0.500. The van der Waals surface area contributed by atoms with E-state index in [1.54, 1.807) is 0 Å². The Bertz CT molecular complexity index is 361. The minimum Gasteiger partial charge on any atom is -0.480 e. The molecule has 16 heavy (non-hydrogen) atoms. The van der Waals surface area contributed by atoms with E-state index >= 15 is 0 Å². The number of carboxylic acids is 1. The second kappa shape index (κ2) is 4.44. The Kier molecular flexibility index (Phi) is 3.44. The van der Waals surface area contributed by atoms with Gasteiger partial charge in [0, 0.05) is 18.3 Å². The number of hydrogen-bond acceptors (Lipinski definition) is 4. The first-order chi connectivity index (χ1) is 7.41. The van der Waals surface area contributed by atoms with E-state index in [1.165, 1.54) is 21.0 Å². The zero-order valence-electron chi connectivity index (χ0n) is 9.31. The highest BCUT2D eigenvalue weighted by Crippen LogP contribution is 2.22. The molecule has 2 amide bonds. The molecule has 1 atom stereocenters. The average Bonchev–Trinajstić information content (AvgIpc) is 2.41. The van der Waals surface area contributed by atoms with Crippen molar-refractivity contribution in [3.8, 4) is 0 Å². The van der Waals surface area contributed by atoms with Crippen LogP contribution in [-0.2, 0) is 19.1 Å². The van der Waals surface area contributed by atoms with Crippen LogP contribution >= 0.6 is 0 Å². The monoisotopic (exact) mass is 227 g/mol. The molecular formula is C10H13NO5. The van der Waals surface area contributed by atoms with Crippen molar-refractivity contribution in [2.45, 2.75) is 19.9 Å². The first-order valence-corrected chi connectivity index (χ1v) is 4.69. The van der Waals surface area contributed by atoms with Crippen molar-refractivity contribution in [1.82, 2.24) is 4.90 Å². The summed E-state index contributed by atoms with van der Waals surface area (Å²) in [4.78, 5) is 35.0. The van der Waals surface area contributed by atoms with E-state index in [1.807, 2.05) is 0 Å². The Morgan fingerprint density at radius 1 is 1.31 bits per heavy atom. The first-order valence-electron chi connectivity index (χ1n) is 4.69. The van der Waals surface area contributed by atoms with E-state index in [4.69, 9.17) is 9.84 Å². The molecule has 88 valence electrons. The van der Waals surface area contributed by atoms with Crippen LogP contribution in [0, 0.1) is 0 Å². The molecule has 1 N–H and O–H groups in total. The molecule has 0 aromatic heterocycles. The minimum atomic E-state index is -1.27. The summed E-state index contributed by atoms with van der Waals surface area (Å²) >= 11 is 0. The largest absolute Gasteiger partial charge is 0.480 e. The topological polar surface area (TPSA) is 83.9 Å². The molecule has 0 saturated carbocycles. The van der Waals surface area contributed by atoms with Crippen LogP contribution in [0.25, 0.3) is 0 Å². The van der Waals surface area contributed by atoms with E-state index in [0.717, 1.165) is 4.90 Å². The molecule has 6 nitrogen and oxygen atoms in total. The van der Waals surface area contributed by atoms with Crippen molar-refractivity contribution in [2.24, 2.45) is 0 Å². The zero-order chi connectivity index (χ0) is 12.5. The smallest absolute Gasteiger partial charge is 0.329 e. The highest BCUT2D eigenvalue weighted by molar-refractivity contribution is 6.20. The quantitative estimate of drug-likeness (QED) is 0.672. The molecule has 1 aliphatic heterocycles. The second-order valence-corrected chi connectivity index (χ2v) is 3.54. The van der Waals surface area contributed by atoms with Crippen LogP contribution in [0.3, 0.4) is 0 Å². The molecule has 0 aromatic carbocycles. The second-order valence-electron chi connectivity index (χ2n) is 3.54. The lowest BCUT2D eigenvalue weighted by atomic mass is 10.2. The standard InChI is InChI=1S/C10H13NO5/c1-5-6(2)9(13)11(8(5)12)7(4-16-3)10(14)15/h7H,4H2,1-3H3,(H,14,15). The molecule has 6 heteroatoms. The summed E-state index contributed by atoms with van der Waals surface area (Å²) in [5, 5.41) is 8.93. The molecule has 1 rings (SSSR count). The lowest BCUT2D eigenvalue weighted by Gasteiger charge is -2.22. The number of ether oxygens (including phenoxy) is 1. The van der Waals surface area contributed by atoms with Gasteiger partial charge in [0.15, 0.2) is 6.04 Å². The van der Waals surface area contributed by atoms with Gasteiger partial charge in [-0.25, -0.2) is 4.79 Å². The number of carbonyl (C=O) groups is 3. The van der Waals surface area contributed by atoms with Crippen LogP contribution in [-0.4, -0.2) is 47.5 Å². The van der Waals surface area contributed by atoms with Gasteiger partial charge in [-0.2, -0.15) is 0 Å². The molecule has 0 radical (unpaired) electrons. The number of nitrogens with zero attached hydrogens (tertiary/aromatic N) is 1. The highest BCUT2D eigenvalue weighted by atomic mass is 16.5. The number of carbonyl (C=O) groups excluding carboxylic acids is 2. The van der Waals surface area contributed by atoms with Crippen LogP contribution in [0.15, 0.2) is 11.1 Å². The third kappa shape index (κ3) is 1.83. The summed E-state index contributed by atoms with van der Waals surface area (Å²) in [5.41, 5.74) is 0.569. The SMILES string of the molecule is COCC(C(=O)O)N1C(=O)C(C)=C(C)C1=O. The Hall–Kier alpha value is -1.69. The first kappa shape index (κ1) is 12.4. The molecular weight excluding hydrogens is 214 g/mol. The van der Waals surface area contributed by atoms with Crippen LogP contribution in [0.4, 0.5) is 0 Å². The van der Waals surface area contributed by atoms with E-state index in [9.17, 15) is 14.4 Å². The number of rotatable bonds is 4. The molecule has 1 unspecified atom stereocenters. The maximum absolute atomic E-state index is 11.7. The van der Waals surface area contributed by atoms with E-state index in [2.05, 4.69) is 0 Å². The number of carboxylic acid groups (broad SMARTS) is 1. The summed E-state index contributed by atoms with van der Waals surface area (Å²) in [7, 11) is 1.31. The molecule has 1 heterocycles. The van der Waals surface area contributed by atoms with Crippen molar-refractivity contribution < 1.29 is 24.2 Å². The van der Waals surface area contributed by atoms with Crippen molar-refractivity contribution in [2.75, 3.05) is 13.7 Å². The van der Waals surface area contributed by atoms with Gasteiger partial charge in [0.05, 0.1) is 6.61 Å². The summed E-state index contributed by atoms with van der Waals surface area (Å²) in [6.07, 6.45) is 0. The van der Waals surface area contributed by atoms with Crippen molar-refractivity contribution in [3.05, 3.63) is 11.1 Å². The van der Waals surface area contributed by atoms with Crippen LogP contribution in [0.5, 0.6) is 0 Å². The van der Waals surface area contributed by atoms with Gasteiger partial charge in [-0.15, -0.1) is 0 Å². The summed E-state index contributed by atoms with van der Waals surface area (Å²) in [6.45, 7) is 2.79. The lowest BCUT2D eigenvalue weighted by molar-refractivity contribution is -0.155. The zero-order valence-corrected chi connectivity index (χ0v) is 9.31. The number of hydrogen-bond donors (Lipinski definition) is 1. The van der Waals surface area contributed by atoms with Gasteiger partial charge in [-0.3, -0.25) is 14.5 Å². The van der Waals surface area contributed by atoms with Gasteiger partial charge in [-0.05, 0) is 13.8 Å². The van der Waals surface area contributed by atoms with Crippen molar-refractivity contribution >= 4 is 17.8 Å². The Morgan fingerprint density at radius 2 is 1.75 bits per heavy atom. The Morgan fingerprint density at radius 3 is 2.06 bits per heavy atom. The summed E-state index contributed by atoms with van der Waals surface area (Å²) in [5.74, 6) is -2.38. The van der Waals surface area contributed by atoms with E-state index in [0.29, 0.717) is 0 Å². The fourth-order valence-electron chi connectivity index (χ4n) is 1.47. The van der Waals surface area contributed by atoms with Gasteiger partial charge >= 0.3 is 5.97 Å². The third-order valence-electron chi connectivity index (χ3n) is 2.56. The van der Waals surface area contributed by atoms with Gasteiger partial charge in [0.2, 0.25) is 0 Å². The lowest BCUT2D eigenvalue weighted by Crippen LogP contribution is -2.48. The summed E-state index contributed by atoms with van der Waals surface area (Å²) < 4.78 is 4.70. The average molecular weight is 227 g/mol. The molecule has 0 aromatic rings. The number of aliphatic carboxylic acids is 1. The highest BCUT2D eigenvalue weighted by Gasteiger charge is 2.41. The molecule has 0 spiro atoms. The van der Waals surface area contributed by atoms with E-state index < -0.39 is 23.8 Å². The molecule has 0 aliphatic carbocycles. The Labute approximate surface area is 92.5 Å². The maximum Gasteiger partial charge on any atom is 0.329 e. The molecule has 0 saturated heterocycles. The van der Waals surface area contributed by atoms with Crippen molar-refractivity contribution in [1.29, 1.82) is 0 Å². The number of imide groups is 1. The van der Waals surface area contributed by atoms with E-state index in [-0.39, 0.29) is 17.8 Å².